The van der Waals surface area contributed by atoms with Gasteiger partial charge in [-0.25, -0.2) is 13.1 Å². The molecule has 4 nitrogen and oxygen atoms in total. The van der Waals surface area contributed by atoms with E-state index in [-0.39, 0.29) is 17.2 Å². The molecule has 1 aliphatic rings. The van der Waals surface area contributed by atoms with Gasteiger partial charge in [-0.05, 0) is 37.8 Å². The second kappa shape index (κ2) is 6.24. The fraction of sp³-hybridized carbons (Fsp3) is 0.600. The lowest BCUT2D eigenvalue weighted by Gasteiger charge is -2.25. The van der Waals surface area contributed by atoms with Crippen LogP contribution in [0.4, 0.5) is 0 Å². The zero-order valence-corrected chi connectivity index (χ0v) is 13.0. The summed E-state index contributed by atoms with van der Waals surface area (Å²) < 4.78 is 27.1. The highest BCUT2D eigenvalue weighted by Crippen LogP contribution is 2.19. The standard InChI is InChI=1S/C15H24N2O2S/c1-13(14-7-4-3-5-8-14)11-20(18,19)17-12-15(2)9-6-10-16-15/h3-5,7-8,13,16-17H,6,9-12H2,1-2H3. The van der Waals surface area contributed by atoms with Crippen LogP contribution in [-0.4, -0.2) is 32.8 Å². The van der Waals surface area contributed by atoms with Gasteiger partial charge in [0.1, 0.15) is 0 Å². The van der Waals surface area contributed by atoms with E-state index in [1.807, 2.05) is 37.3 Å². The average Bonchev–Trinajstić information content (AvgIpc) is 2.85. The van der Waals surface area contributed by atoms with Gasteiger partial charge in [-0.15, -0.1) is 0 Å². The molecule has 1 aliphatic heterocycles. The molecule has 0 aliphatic carbocycles. The van der Waals surface area contributed by atoms with Gasteiger partial charge in [0.05, 0.1) is 5.75 Å². The van der Waals surface area contributed by atoms with Crippen molar-refractivity contribution in [1.82, 2.24) is 10.0 Å². The molecule has 1 fully saturated rings. The third-order valence-corrected chi connectivity index (χ3v) is 5.50. The van der Waals surface area contributed by atoms with E-state index in [2.05, 4.69) is 17.0 Å². The molecule has 1 aromatic carbocycles. The topological polar surface area (TPSA) is 58.2 Å². The number of nitrogens with one attached hydrogen (secondary N) is 2. The average molecular weight is 296 g/mol. The van der Waals surface area contributed by atoms with E-state index >= 15 is 0 Å². The lowest BCUT2D eigenvalue weighted by molar-refractivity contribution is 0.409. The van der Waals surface area contributed by atoms with Gasteiger partial charge in [0, 0.05) is 12.1 Å². The van der Waals surface area contributed by atoms with Crippen LogP contribution in [0.1, 0.15) is 38.2 Å². The molecule has 1 saturated heterocycles. The van der Waals surface area contributed by atoms with E-state index in [1.165, 1.54) is 0 Å². The molecule has 0 spiro atoms. The Morgan fingerprint density at radius 1 is 1.35 bits per heavy atom. The van der Waals surface area contributed by atoms with Crippen molar-refractivity contribution in [3.05, 3.63) is 35.9 Å². The predicted molar refractivity (Wildman–Crippen MR) is 82.3 cm³/mol. The summed E-state index contributed by atoms with van der Waals surface area (Å²) in [5.74, 6) is 0.130. The van der Waals surface area contributed by atoms with Crippen LogP contribution < -0.4 is 10.0 Å². The number of rotatable bonds is 6. The van der Waals surface area contributed by atoms with E-state index in [0.29, 0.717) is 6.54 Å². The highest BCUT2D eigenvalue weighted by Gasteiger charge is 2.29. The first-order valence-electron chi connectivity index (χ1n) is 7.18. The first-order chi connectivity index (χ1) is 9.40. The maximum absolute atomic E-state index is 12.2. The van der Waals surface area contributed by atoms with E-state index in [4.69, 9.17) is 0 Å². The summed E-state index contributed by atoms with van der Waals surface area (Å²) in [4.78, 5) is 0. The highest BCUT2D eigenvalue weighted by atomic mass is 32.2. The van der Waals surface area contributed by atoms with Crippen molar-refractivity contribution in [1.29, 1.82) is 0 Å². The minimum atomic E-state index is -3.24. The van der Waals surface area contributed by atoms with Crippen LogP contribution in [0.15, 0.2) is 30.3 Å². The normalized spacial score (nSPS) is 24.7. The summed E-state index contributed by atoms with van der Waals surface area (Å²) >= 11 is 0. The lowest BCUT2D eigenvalue weighted by Crippen LogP contribution is -2.47. The number of hydrogen-bond acceptors (Lipinski definition) is 3. The van der Waals surface area contributed by atoms with Gasteiger partial charge in [-0.3, -0.25) is 0 Å². The molecule has 0 bridgehead atoms. The van der Waals surface area contributed by atoms with Crippen LogP contribution in [0.3, 0.4) is 0 Å². The number of sulfonamides is 1. The molecule has 1 aromatic rings. The SMILES string of the molecule is CC(CS(=O)(=O)NCC1(C)CCCN1)c1ccccc1. The van der Waals surface area contributed by atoms with Crippen LogP contribution in [0, 0.1) is 0 Å². The molecule has 0 radical (unpaired) electrons. The summed E-state index contributed by atoms with van der Waals surface area (Å²) in [5.41, 5.74) is 0.964. The summed E-state index contributed by atoms with van der Waals surface area (Å²) in [6, 6.07) is 9.76. The maximum atomic E-state index is 12.2. The van der Waals surface area contributed by atoms with Crippen molar-refractivity contribution < 1.29 is 8.42 Å². The van der Waals surface area contributed by atoms with E-state index in [1.54, 1.807) is 0 Å². The minimum absolute atomic E-state index is 0.00181. The van der Waals surface area contributed by atoms with Crippen molar-refractivity contribution in [3.63, 3.8) is 0 Å². The minimum Gasteiger partial charge on any atom is -0.310 e. The van der Waals surface area contributed by atoms with Gasteiger partial charge in [-0.1, -0.05) is 37.3 Å². The highest BCUT2D eigenvalue weighted by molar-refractivity contribution is 7.89. The Morgan fingerprint density at radius 3 is 2.65 bits per heavy atom. The summed E-state index contributed by atoms with van der Waals surface area (Å²) in [6.07, 6.45) is 2.13. The molecule has 1 heterocycles. The van der Waals surface area contributed by atoms with Crippen molar-refractivity contribution >= 4 is 10.0 Å². The fourth-order valence-electron chi connectivity index (χ4n) is 2.64. The summed E-state index contributed by atoms with van der Waals surface area (Å²) in [6.45, 7) is 5.46. The number of benzene rings is 1. The van der Waals surface area contributed by atoms with Crippen LogP contribution in [0.25, 0.3) is 0 Å². The molecule has 20 heavy (non-hydrogen) atoms. The van der Waals surface area contributed by atoms with Crippen molar-refractivity contribution in [2.75, 3.05) is 18.8 Å². The Kier molecular flexibility index (Phi) is 4.83. The summed E-state index contributed by atoms with van der Waals surface area (Å²) in [5, 5.41) is 3.36. The quantitative estimate of drug-likeness (QED) is 0.842. The molecule has 0 saturated carbocycles. The van der Waals surface area contributed by atoms with Gasteiger partial charge in [0.25, 0.3) is 0 Å². The first-order valence-corrected chi connectivity index (χ1v) is 8.83. The molecule has 2 rings (SSSR count). The van der Waals surface area contributed by atoms with Gasteiger partial charge >= 0.3 is 0 Å². The third kappa shape index (κ3) is 4.30. The Bertz CT molecular complexity index is 522. The second-order valence-corrected chi connectivity index (χ2v) is 7.86. The van der Waals surface area contributed by atoms with Crippen LogP contribution >= 0.6 is 0 Å². The Morgan fingerprint density at radius 2 is 2.05 bits per heavy atom. The molecule has 0 aromatic heterocycles. The van der Waals surface area contributed by atoms with Gasteiger partial charge in [-0.2, -0.15) is 0 Å². The smallest absolute Gasteiger partial charge is 0.212 e. The Labute approximate surface area is 122 Å². The molecular formula is C15H24N2O2S. The zero-order chi connectivity index (χ0) is 14.6. The molecule has 112 valence electrons. The number of hydrogen-bond donors (Lipinski definition) is 2. The van der Waals surface area contributed by atoms with Crippen LogP contribution in [-0.2, 0) is 10.0 Å². The fourth-order valence-corrected chi connectivity index (χ4v) is 4.15. The Balaban J connectivity index is 1.90. The molecule has 2 atom stereocenters. The Hall–Kier alpha value is -0.910. The second-order valence-electron chi connectivity index (χ2n) is 6.01. The molecular weight excluding hydrogens is 272 g/mol. The van der Waals surface area contributed by atoms with Crippen molar-refractivity contribution in [3.8, 4) is 0 Å². The van der Waals surface area contributed by atoms with E-state index in [9.17, 15) is 8.42 Å². The van der Waals surface area contributed by atoms with Crippen molar-refractivity contribution in [2.45, 2.75) is 38.1 Å². The zero-order valence-electron chi connectivity index (χ0n) is 12.2. The first kappa shape index (κ1) is 15.5. The predicted octanol–water partition coefficient (Wildman–Crippen LogP) is 1.85. The van der Waals surface area contributed by atoms with E-state index in [0.717, 1.165) is 24.9 Å². The molecule has 2 N–H and O–H groups in total. The maximum Gasteiger partial charge on any atom is 0.212 e. The monoisotopic (exact) mass is 296 g/mol. The largest absolute Gasteiger partial charge is 0.310 e. The summed E-state index contributed by atoms with van der Waals surface area (Å²) in [7, 11) is -3.24. The van der Waals surface area contributed by atoms with Gasteiger partial charge < -0.3 is 5.32 Å². The third-order valence-electron chi connectivity index (χ3n) is 3.98. The van der Waals surface area contributed by atoms with Gasteiger partial charge in [0.15, 0.2) is 0 Å². The van der Waals surface area contributed by atoms with Gasteiger partial charge in [0.2, 0.25) is 10.0 Å². The van der Waals surface area contributed by atoms with Crippen molar-refractivity contribution in [2.24, 2.45) is 0 Å². The molecule has 0 amide bonds. The van der Waals surface area contributed by atoms with Crippen LogP contribution in [0.2, 0.25) is 0 Å². The van der Waals surface area contributed by atoms with Crippen LogP contribution in [0.5, 0.6) is 0 Å². The molecule has 2 unspecified atom stereocenters. The lowest BCUT2D eigenvalue weighted by atomic mass is 10.0. The molecule has 5 heteroatoms. The van der Waals surface area contributed by atoms with E-state index < -0.39 is 10.0 Å².